The number of carboxylic acids is 1. The molecule has 3 rings (SSSR count). The Morgan fingerprint density at radius 2 is 2.20 bits per heavy atom. The number of nitrogens with zero attached hydrogens (tertiary/aromatic N) is 2. The molecular formula is C13H14ClN3O3. The van der Waals surface area contributed by atoms with E-state index in [-0.39, 0.29) is 24.9 Å². The maximum atomic E-state index is 12.3. The Hall–Kier alpha value is -2.08. The predicted molar refractivity (Wildman–Crippen MR) is 75.0 cm³/mol. The van der Waals surface area contributed by atoms with E-state index in [1.165, 1.54) is 0 Å². The molecule has 0 radical (unpaired) electrons. The van der Waals surface area contributed by atoms with Gasteiger partial charge >= 0.3 is 5.97 Å². The Labute approximate surface area is 121 Å². The summed E-state index contributed by atoms with van der Waals surface area (Å²) in [5.41, 5.74) is 1.45. The first-order valence-electron chi connectivity index (χ1n) is 6.10. The molecule has 0 saturated carbocycles. The van der Waals surface area contributed by atoms with Crippen molar-refractivity contribution in [3.8, 4) is 0 Å². The molecule has 1 atom stereocenters. The minimum Gasteiger partial charge on any atom is -0.481 e. The van der Waals surface area contributed by atoms with Crippen molar-refractivity contribution in [3.63, 3.8) is 0 Å². The summed E-state index contributed by atoms with van der Waals surface area (Å²) in [4.78, 5) is 24.8. The molecule has 1 unspecified atom stereocenters. The quantitative estimate of drug-likeness (QED) is 0.880. The Bertz CT molecular complexity index is 655. The van der Waals surface area contributed by atoms with Crippen LogP contribution >= 0.6 is 12.4 Å². The summed E-state index contributed by atoms with van der Waals surface area (Å²) in [5, 5.41) is 16.6. The third-order valence-electron chi connectivity index (χ3n) is 3.51. The van der Waals surface area contributed by atoms with Crippen LogP contribution < -0.4 is 0 Å². The molecule has 6 nitrogen and oxygen atoms in total. The molecule has 20 heavy (non-hydrogen) atoms. The SMILES string of the molecule is Cl.O=C(O)C1CCN(C(=O)c2ccc3[nH]ncc3c2)C1. The number of carbonyl (C=O) groups excluding carboxylic acids is 1. The number of likely N-dealkylation sites (tertiary alicyclic amines) is 1. The van der Waals surface area contributed by atoms with Crippen LogP contribution in [0.3, 0.4) is 0 Å². The molecule has 7 heteroatoms. The topological polar surface area (TPSA) is 86.3 Å². The van der Waals surface area contributed by atoms with E-state index in [9.17, 15) is 9.59 Å². The molecule has 2 aromatic rings. The molecule has 0 spiro atoms. The summed E-state index contributed by atoms with van der Waals surface area (Å²) in [7, 11) is 0. The largest absolute Gasteiger partial charge is 0.481 e. The lowest BCUT2D eigenvalue weighted by atomic mass is 10.1. The zero-order valence-electron chi connectivity index (χ0n) is 10.6. The van der Waals surface area contributed by atoms with Gasteiger partial charge in [0.15, 0.2) is 0 Å². The predicted octanol–water partition coefficient (Wildman–Crippen LogP) is 1.53. The number of benzene rings is 1. The molecule has 0 bridgehead atoms. The van der Waals surface area contributed by atoms with Crippen LogP contribution in [0.25, 0.3) is 10.9 Å². The molecule has 1 amide bonds. The normalized spacial score (nSPS) is 18.0. The summed E-state index contributed by atoms with van der Waals surface area (Å²) < 4.78 is 0. The van der Waals surface area contributed by atoms with E-state index in [2.05, 4.69) is 10.2 Å². The Morgan fingerprint density at radius 3 is 2.90 bits per heavy atom. The minimum atomic E-state index is -0.833. The van der Waals surface area contributed by atoms with E-state index in [4.69, 9.17) is 5.11 Å². The molecule has 1 aliphatic rings. The number of carboxylic acid groups (broad SMARTS) is 1. The average Bonchev–Trinajstić information content (AvgIpc) is 3.06. The van der Waals surface area contributed by atoms with E-state index in [0.29, 0.717) is 18.5 Å². The van der Waals surface area contributed by atoms with Crippen LogP contribution in [0.5, 0.6) is 0 Å². The van der Waals surface area contributed by atoms with Gasteiger partial charge in [-0.25, -0.2) is 0 Å². The van der Waals surface area contributed by atoms with Gasteiger partial charge in [0, 0.05) is 24.0 Å². The number of hydrogen-bond donors (Lipinski definition) is 2. The van der Waals surface area contributed by atoms with Gasteiger partial charge in [-0.3, -0.25) is 14.7 Å². The van der Waals surface area contributed by atoms with Gasteiger partial charge in [-0.05, 0) is 24.6 Å². The van der Waals surface area contributed by atoms with Crippen molar-refractivity contribution in [3.05, 3.63) is 30.0 Å². The Morgan fingerprint density at radius 1 is 1.40 bits per heavy atom. The zero-order valence-corrected chi connectivity index (χ0v) is 11.4. The second kappa shape index (κ2) is 5.50. The highest BCUT2D eigenvalue weighted by molar-refractivity contribution is 5.98. The second-order valence-electron chi connectivity index (χ2n) is 4.75. The van der Waals surface area contributed by atoms with Gasteiger partial charge in [-0.15, -0.1) is 12.4 Å². The van der Waals surface area contributed by atoms with Crippen molar-refractivity contribution < 1.29 is 14.7 Å². The number of fused-ring (bicyclic) bond motifs is 1. The van der Waals surface area contributed by atoms with Gasteiger partial charge in [0.25, 0.3) is 5.91 Å². The highest BCUT2D eigenvalue weighted by Crippen LogP contribution is 2.20. The number of aromatic nitrogens is 2. The van der Waals surface area contributed by atoms with Gasteiger partial charge < -0.3 is 10.0 Å². The lowest BCUT2D eigenvalue weighted by molar-refractivity contribution is -0.141. The van der Waals surface area contributed by atoms with Crippen LogP contribution in [-0.2, 0) is 4.79 Å². The number of carbonyl (C=O) groups is 2. The Kier molecular flexibility index (Phi) is 3.94. The van der Waals surface area contributed by atoms with E-state index >= 15 is 0 Å². The number of aliphatic carboxylic acids is 1. The van der Waals surface area contributed by atoms with E-state index < -0.39 is 11.9 Å². The molecule has 2 N–H and O–H groups in total. The van der Waals surface area contributed by atoms with Crippen molar-refractivity contribution in [1.29, 1.82) is 0 Å². The fraction of sp³-hybridized carbons (Fsp3) is 0.308. The zero-order chi connectivity index (χ0) is 13.4. The second-order valence-corrected chi connectivity index (χ2v) is 4.75. The van der Waals surface area contributed by atoms with Gasteiger partial charge in [-0.2, -0.15) is 5.10 Å². The summed E-state index contributed by atoms with van der Waals surface area (Å²) in [6, 6.07) is 5.31. The fourth-order valence-electron chi connectivity index (χ4n) is 2.40. The summed E-state index contributed by atoms with van der Waals surface area (Å²) in [5.74, 6) is -1.39. The van der Waals surface area contributed by atoms with Crippen LogP contribution in [0, 0.1) is 5.92 Å². The third kappa shape index (κ3) is 2.46. The number of aromatic amines is 1. The molecule has 0 aliphatic carbocycles. The summed E-state index contributed by atoms with van der Waals surface area (Å²) >= 11 is 0. The molecule has 106 valence electrons. The monoisotopic (exact) mass is 295 g/mol. The van der Waals surface area contributed by atoms with Crippen LogP contribution in [0.1, 0.15) is 16.8 Å². The smallest absolute Gasteiger partial charge is 0.308 e. The number of amides is 1. The maximum absolute atomic E-state index is 12.3. The van der Waals surface area contributed by atoms with Gasteiger partial charge in [-0.1, -0.05) is 0 Å². The lowest BCUT2D eigenvalue weighted by Crippen LogP contribution is -2.29. The van der Waals surface area contributed by atoms with Crippen molar-refractivity contribution in [1.82, 2.24) is 15.1 Å². The lowest BCUT2D eigenvalue weighted by Gasteiger charge is -2.15. The molecule has 1 saturated heterocycles. The van der Waals surface area contributed by atoms with Crippen molar-refractivity contribution in [2.75, 3.05) is 13.1 Å². The maximum Gasteiger partial charge on any atom is 0.308 e. The molecule has 1 aromatic carbocycles. The number of hydrogen-bond acceptors (Lipinski definition) is 3. The molecule has 1 fully saturated rings. The number of halogens is 1. The minimum absolute atomic E-state index is 0. The highest BCUT2D eigenvalue weighted by Gasteiger charge is 2.31. The average molecular weight is 296 g/mol. The van der Waals surface area contributed by atoms with Crippen molar-refractivity contribution >= 4 is 35.2 Å². The van der Waals surface area contributed by atoms with Gasteiger partial charge in [0.1, 0.15) is 0 Å². The number of H-pyrrole nitrogens is 1. The van der Waals surface area contributed by atoms with Crippen LogP contribution in [0.4, 0.5) is 0 Å². The van der Waals surface area contributed by atoms with Crippen molar-refractivity contribution in [2.24, 2.45) is 5.92 Å². The Balaban J connectivity index is 0.00000147. The van der Waals surface area contributed by atoms with Crippen LogP contribution in [0.2, 0.25) is 0 Å². The first-order chi connectivity index (χ1) is 9.15. The standard InChI is InChI=1S/C13H13N3O3.ClH/c17-12(16-4-3-9(7-16)13(18)19)8-1-2-11-10(5-8)6-14-15-11;/h1-2,5-6,9H,3-4,7H2,(H,14,15)(H,18,19);1H. The van der Waals surface area contributed by atoms with Gasteiger partial charge in [0.2, 0.25) is 0 Å². The fourth-order valence-corrected chi connectivity index (χ4v) is 2.40. The van der Waals surface area contributed by atoms with E-state index in [0.717, 1.165) is 10.9 Å². The summed E-state index contributed by atoms with van der Waals surface area (Å²) in [6.45, 7) is 0.789. The summed E-state index contributed by atoms with van der Waals surface area (Å²) in [6.07, 6.45) is 2.19. The molecular weight excluding hydrogens is 282 g/mol. The van der Waals surface area contributed by atoms with Crippen LogP contribution in [0.15, 0.2) is 24.4 Å². The first-order valence-corrected chi connectivity index (χ1v) is 6.10. The van der Waals surface area contributed by atoms with Gasteiger partial charge in [0.05, 0.1) is 17.6 Å². The van der Waals surface area contributed by atoms with Crippen molar-refractivity contribution in [2.45, 2.75) is 6.42 Å². The molecule has 2 heterocycles. The number of nitrogens with one attached hydrogen (secondary N) is 1. The number of rotatable bonds is 2. The van der Waals surface area contributed by atoms with E-state index in [1.807, 2.05) is 0 Å². The molecule has 1 aromatic heterocycles. The molecule has 1 aliphatic heterocycles. The first kappa shape index (κ1) is 14.3. The third-order valence-corrected chi connectivity index (χ3v) is 3.51. The highest BCUT2D eigenvalue weighted by atomic mass is 35.5. The van der Waals surface area contributed by atoms with E-state index in [1.54, 1.807) is 29.3 Å². The van der Waals surface area contributed by atoms with Crippen LogP contribution in [-0.4, -0.2) is 45.2 Å².